The van der Waals surface area contributed by atoms with Gasteiger partial charge in [0.2, 0.25) is 0 Å². The first-order chi connectivity index (χ1) is 14.8. The lowest BCUT2D eigenvalue weighted by Crippen LogP contribution is -2.50. The summed E-state index contributed by atoms with van der Waals surface area (Å²) in [6.07, 6.45) is 4.95. The third kappa shape index (κ3) is 10.9. The van der Waals surface area contributed by atoms with Crippen molar-refractivity contribution in [1.82, 2.24) is 25.3 Å². The lowest BCUT2D eigenvalue weighted by atomic mass is 10.0. The number of rotatable bonds is 15. The quantitative estimate of drug-likeness (QED) is 0.446. The van der Waals surface area contributed by atoms with Crippen molar-refractivity contribution in [2.45, 2.75) is 57.7 Å². The second kappa shape index (κ2) is 14.2. The fourth-order valence-electron chi connectivity index (χ4n) is 4.71. The molecular formula is C26H49N5. The van der Waals surface area contributed by atoms with E-state index in [0.717, 1.165) is 32.6 Å². The molecule has 0 saturated carbocycles. The highest BCUT2D eigenvalue weighted by Crippen LogP contribution is 2.16. The van der Waals surface area contributed by atoms with Gasteiger partial charge in [0.25, 0.3) is 0 Å². The van der Waals surface area contributed by atoms with Crippen LogP contribution in [0.4, 0.5) is 0 Å². The summed E-state index contributed by atoms with van der Waals surface area (Å²) in [5, 5.41) is 7.86. The van der Waals surface area contributed by atoms with E-state index in [1.54, 1.807) is 0 Å². The van der Waals surface area contributed by atoms with Crippen LogP contribution in [-0.4, -0.2) is 100 Å². The minimum Gasteiger partial charge on any atom is -0.311 e. The molecule has 0 bridgehead atoms. The Morgan fingerprint density at radius 3 is 2.39 bits per heavy atom. The summed E-state index contributed by atoms with van der Waals surface area (Å²) >= 11 is 0. The maximum atomic E-state index is 3.96. The molecule has 0 spiro atoms. The van der Waals surface area contributed by atoms with Crippen LogP contribution in [0, 0.1) is 5.92 Å². The van der Waals surface area contributed by atoms with Crippen LogP contribution in [-0.2, 0) is 6.42 Å². The number of benzene rings is 1. The number of hydrogen-bond acceptors (Lipinski definition) is 5. The zero-order chi connectivity index (χ0) is 22.6. The summed E-state index contributed by atoms with van der Waals surface area (Å²) in [6, 6.07) is 12.6. The molecule has 5 nitrogen and oxygen atoms in total. The van der Waals surface area contributed by atoms with Crippen molar-refractivity contribution in [1.29, 1.82) is 0 Å². The molecule has 31 heavy (non-hydrogen) atoms. The maximum absolute atomic E-state index is 3.96. The zero-order valence-corrected chi connectivity index (χ0v) is 21.1. The molecule has 1 saturated heterocycles. The van der Waals surface area contributed by atoms with Gasteiger partial charge in [-0.25, -0.2) is 0 Å². The smallest absolute Gasteiger partial charge is 0.0233 e. The van der Waals surface area contributed by atoms with Gasteiger partial charge >= 0.3 is 0 Å². The van der Waals surface area contributed by atoms with Gasteiger partial charge in [0, 0.05) is 50.8 Å². The second-order valence-corrected chi connectivity index (χ2v) is 10.4. The monoisotopic (exact) mass is 431 g/mol. The van der Waals surface area contributed by atoms with Crippen molar-refractivity contribution in [2.24, 2.45) is 5.92 Å². The standard InChI is InChI=1S/C26H49N5/c1-22(2)17-25(21-30(5)6)27-19-24(18-23-11-8-7-9-12-23)28-20-26-13-10-14-31(26)16-15-29(3)4/h7-9,11-12,22,24-28H,10,13-21H2,1-6H3/t24-,25-,26-/m0/s1. The Bertz CT molecular complexity index is 564. The van der Waals surface area contributed by atoms with E-state index in [1.807, 2.05) is 0 Å². The predicted molar refractivity (Wildman–Crippen MR) is 135 cm³/mol. The highest BCUT2D eigenvalue weighted by atomic mass is 15.2. The van der Waals surface area contributed by atoms with E-state index >= 15 is 0 Å². The minimum absolute atomic E-state index is 0.454. The van der Waals surface area contributed by atoms with E-state index in [-0.39, 0.29) is 0 Å². The first-order valence-electron chi connectivity index (χ1n) is 12.4. The van der Waals surface area contributed by atoms with Gasteiger partial charge in [-0.05, 0) is 71.9 Å². The molecule has 5 heteroatoms. The van der Waals surface area contributed by atoms with Crippen molar-refractivity contribution >= 4 is 0 Å². The Hall–Kier alpha value is -0.980. The van der Waals surface area contributed by atoms with Gasteiger partial charge in [0.1, 0.15) is 0 Å². The van der Waals surface area contributed by atoms with Crippen molar-refractivity contribution in [3.05, 3.63) is 35.9 Å². The molecule has 0 aliphatic carbocycles. The second-order valence-electron chi connectivity index (χ2n) is 10.4. The minimum atomic E-state index is 0.454. The van der Waals surface area contributed by atoms with Crippen molar-refractivity contribution in [3.63, 3.8) is 0 Å². The van der Waals surface area contributed by atoms with Crippen LogP contribution < -0.4 is 10.6 Å². The van der Waals surface area contributed by atoms with Gasteiger partial charge in [-0.15, -0.1) is 0 Å². The Labute approximate surface area is 192 Å². The van der Waals surface area contributed by atoms with Crippen molar-refractivity contribution < 1.29 is 0 Å². The predicted octanol–water partition coefficient (Wildman–Crippen LogP) is 2.78. The van der Waals surface area contributed by atoms with Crippen LogP contribution in [0.15, 0.2) is 30.3 Å². The topological polar surface area (TPSA) is 33.8 Å². The Kier molecular flexibility index (Phi) is 12.1. The van der Waals surface area contributed by atoms with Gasteiger partial charge in [0.15, 0.2) is 0 Å². The first-order valence-corrected chi connectivity index (χ1v) is 12.4. The SMILES string of the molecule is CC(C)C[C@@H](CN(C)C)NC[C@H](Cc1ccccc1)NC[C@@H]1CCCN1CCN(C)C. The molecule has 1 aromatic carbocycles. The molecule has 1 aliphatic heterocycles. The molecule has 0 unspecified atom stereocenters. The highest BCUT2D eigenvalue weighted by molar-refractivity contribution is 5.16. The average Bonchev–Trinajstić information content (AvgIpc) is 3.15. The van der Waals surface area contributed by atoms with E-state index in [4.69, 9.17) is 0 Å². The Morgan fingerprint density at radius 1 is 1.00 bits per heavy atom. The molecule has 2 rings (SSSR count). The van der Waals surface area contributed by atoms with Crippen LogP contribution in [0.5, 0.6) is 0 Å². The first kappa shape index (κ1) is 26.3. The van der Waals surface area contributed by atoms with Gasteiger partial charge < -0.3 is 20.4 Å². The van der Waals surface area contributed by atoms with Crippen LogP contribution in [0.25, 0.3) is 0 Å². The van der Waals surface area contributed by atoms with Crippen LogP contribution in [0.2, 0.25) is 0 Å². The molecule has 0 radical (unpaired) electrons. The summed E-state index contributed by atoms with van der Waals surface area (Å²) in [6.45, 7) is 11.4. The lowest BCUT2D eigenvalue weighted by molar-refractivity contribution is 0.215. The van der Waals surface area contributed by atoms with E-state index in [1.165, 1.54) is 37.9 Å². The summed E-state index contributed by atoms with van der Waals surface area (Å²) in [5.74, 6) is 0.710. The normalized spacial score (nSPS) is 19.6. The highest BCUT2D eigenvalue weighted by Gasteiger charge is 2.25. The van der Waals surface area contributed by atoms with Crippen LogP contribution in [0.3, 0.4) is 0 Å². The van der Waals surface area contributed by atoms with Crippen molar-refractivity contribution in [3.8, 4) is 0 Å². The number of likely N-dealkylation sites (tertiary alicyclic amines) is 1. The number of nitrogens with zero attached hydrogens (tertiary/aromatic N) is 3. The lowest BCUT2D eigenvalue weighted by Gasteiger charge is -2.30. The zero-order valence-electron chi connectivity index (χ0n) is 21.1. The van der Waals surface area contributed by atoms with E-state index in [0.29, 0.717) is 24.0 Å². The fraction of sp³-hybridized carbons (Fsp3) is 0.769. The number of likely N-dealkylation sites (N-methyl/N-ethyl adjacent to an activating group) is 2. The average molecular weight is 432 g/mol. The molecule has 0 amide bonds. The third-order valence-electron chi connectivity index (χ3n) is 6.29. The van der Waals surface area contributed by atoms with Crippen molar-refractivity contribution in [2.75, 3.05) is 67.5 Å². The number of hydrogen-bond donors (Lipinski definition) is 2. The Balaban J connectivity index is 1.94. The molecule has 1 aliphatic rings. The van der Waals surface area contributed by atoms with Crippen LogP contribution in [0.1, 0.15) is 38.7 Å². The third-order valence-corrected chi connectivity index (χ3v) is 6.29. The Morgan fingerprint density at radius 2 is 1.74 bits per heavy atom. The molecule has 1 fully saturated rings. The summed E-state index contributed by atoms with van der Waals surface area (Å²) in [5.41, 5.74) is 1.42. The summed E-state index contributed by atoms with van der Waals surface area (Å²) in [7, 11) is 8.70. The van der Waals surface area contributed by atoms with E-state index in [9.17, 15) is 0 Å². The van der Waals surface area contributed by atoms with Gasteiger partial charge in [-0.3, -0.25) is 4.90 Å². The van der Waals surface area contributed by atoms with Gasteiger partial charge in [-0.1, -0.05) is 44.2 Å². The molecule has 1 heterocycles. The molecular weight excluding hydrogens is 382 g/mol. The van der Waals surface area contributed by atoms with Gasteiger partial charge in [0.05, 0.1) is 0 Å². The molecule has 0 aromatic heterocycles. The largest absolute Gasteiger partial charge is 0.311 e. The molecule has 3 atom stereocenters. The van der Waals surface area contributed by atoms with Gasteiger partial charge in [-0.2, -0.15) is 0 Å². The fourth-order valence-corrected chi connectivity index (χ4v) is 4.71. The summed E-state index contributed by atoms with van der Waals surface area (Å²) < 4.78 is 0. The van der Waals surface area contributed by atoms with E-state index < -0.39 is 0 Å². The molecule has 178 valence electrons. The summed E-state index contributed by atoms with van der Waals surface area (Å²) in [4.78, 5) is 7.29. The van der Waals surface area contributed by atoms with Crippen LogP contribution >= 0.6 is 0 Å². The molecule has 2 N–H and O–H groups in total. The maximum Gasteiger partial charge on any atom is 0.0233 e. The number of nitrogens with one attached hydrogen (secondary N) is 2. The van der Waals surface area contributed by atoms with E-state index in [2.05, 4.69) is 97.7 Å². The molecule has 1 aromatic rings.